The summed E-state index contributed by atoms with van der Waals surface area (Å²) in [4.78, 5) is 5.29. The first-order chi connectivity index (χ1) is 13.9. The van der Waals surface area contributed by atoms with Crippen LogP contribution in [0.2, 0.25) is 10.0 Å². The number of ether oxygens (including phenoxy) is 1. The van der Waals surface area contributed by atoms with E-state index in [0.29, 0.717) is 23.3 Å². The predicted molar refractivity (Wildman–Crippen MR) is 118 cm³/mol. The Hall–Kier alpha value is -1.53. The monoisotopic (exact) mass is 452 g/mol. The molecule has 0 amide bonds. The lowest BCUT2D eigenvalue weighted by atomic mass is 10.1. The van der Waals surface area contributed by atoms with E-state index in [1.807, 2.05) is 56.3 Å². The van der Waals surface area contributed by atoms with Crippen molar-refractivity contribution in [2.45, 2.75) is 49.0 Å². The Labute approximate surface area is 185 Å². The zero-order valence-corrected chi connectivity index (χ0v) is 18.6. The van der Waals surface area contributed by atoms with Crippen LogP contribution in [0.25, 0.3) is 0 Å². The van der Waals surface area contributed by atoms with Gasteiger partial charge in [0.1, 0.15) is 5.03 Å². The Morgan fingerprint density at radius 2 is 1.79 bits per heavy atom. The second-order valence-electron chi connectivity index (χ2n) is 6.97. The van der Waals surface area contributed by atoms with E-state index in [1.54, 1.807) is 17.0 Å². The average Bonchev–Trinajstić information content (AvgIpc) is 3.09. The van der Waals surface area contributed by atoms with Gasteiger partial charge in [-0.3, -0.25) is 4.57 Å². The van der Waals surface area contributed by atoms with E-state index in [9.17, 15) is 0 Å². The maximum Gasteiger partial charge on any atom is 0.180 e. The SMILES string of the molecule is CC(C)c1ncn(C(F)CCOCc2ccccc2)c1Sc1cc(Cl)cc(Cl)c1. The molecule has 0 fully saturated rings. The number of alkyl halides is 1. The van der Waals surface area contributed by atoms with Crippen LogP contribution in [0.5, 0.6) is 0 Å². The Morgan fingerprint density at radius 3 is 2.45 bits per heavy atom. The molecule has 29 heavy (non-hydrogen) atoms. The third-order valence-electron chi connectivity index (χ3n) is 4.29. The quantitative estimate of drug-likeness (QED) is 0.313. The Morgan fingerprint density at radius 1 is 1.10 bits per heavy atom. The fourth-order valence-electron chi connectivity index (χ4n) is 2.85. The lowest BCUT2D eigenvalue weighted by Gasteiger charge is -2.15. The molecule has 7 heteroatoms. The molecule has 0 aliphatic carbocycles. The Bertz CT molecular complexity index is 914. The van der Waals surface area contributed by atoms with Crippen LogP contribution in [0, 0.1) is 0 Å². The predicted octanol–water partition coefficient (Wildman–Crippen LogP) is 7.54. The van der Waals surface area contributed by atoms with E-state index < -0.39 is 6.30 Å². The Kier molecular flexibility index (Phi) is 8.01. The van der Waals surface area contributed by atoms with Crippen molar-refractivity contribution in [2.75, 3.05) is 6.61 Å². The molecule has 154 valence electrons. The van der Waals surface area contributed by atoms with Crippen molar-refractivity contribution < 1.29 is 9.13 Å². The molecule has 0 spiro atoms. The fourth-order valence-corrected chi connectivity index (χ4v) is 4.76. The smallest absolute Gasteiger partial charge is 0.180 e. The molecule has 1 heterocycles. The molecule has 3 aromatic rings. The van der Waals surface area contributed by atoms with Gasteiger partial charge in [0.25, 0.3) is 0 Å². The van der Waals surface area contributed by atoms with Crippen LogP contribution in [0.4, 0.5) is 4.39 Å². The van der Waals surface area contributed by atoms with Crippen molar-refractivity contribution in [1.29, 1.82) is 0 Å². The van der Waals surface area contributed by atoms with Crippen molar-refractivity contribution >= 4 is 35.0 Å². The van der Waals surface area contributed by atoms with Gasteiger partial charge in [-0.25, -0.2) is 9.37 Å². The number of rotatable bonds is 9. The van der Waals surface area contributed by atoms with E-state index in [-0.39, 0.29) is 12.3 Å². The molecule has 2 aromatic carbocycles. The molecule has 0 bridgehead atoms. The number of aromatic nitrogens is 2. The molecule has 0 N–H and O–H groups in total. The second kappa shape index (κ2) is 10.5. The van der Waals surface area contributed by atoms with E-state index in [1.165, 1.54) is 11.8 Å². The van der Waals surface area contributed by atoms with Gasteiger partial charge >= 0.3 is 0 Å². The minimum absolute atomic E-state index is 0.162. The zero-order chi connectivity index (χ0) is 20.8. The summed E-state index contributed by atoms with van der Waals surface area (Å²) in [5.74, 6) is 0.162. The first-order valence-corrected chi connectivity index (χ1v) is 11.0. The molecular weight excluding hydrogens is 430 g/mol. The fraction of sp³-hybridized carbons (Fsp3) is 0.318. The summed E-state index contributed by atoms with van der Waals surface area (Å²) in [6.07, 6.45) is 0.568. The molecular formula is C22H23Cl2FN2OS. The van der Waals surface area contributed by atoms with Crippen molar-refractivity contribution in [3.63, 3.8) is 0 Å². The summed E-state index contributed by atoms with van der Waals surface area (Å²) in [5.41, 5.74) is 1.92. The average molecular weight is 453 g/mol. The van der Waals surface area contributed by atoms with Crippen LogP contribution < -0.4 is 0 Å². The summed E-state index contributed by atoms with van der Waals surface area (Å²) >= 11 is 13.7. The van der Waals surface area contributed by atoms with Crippen LogP contribution in [0.15, 0.2) is 64.8 Å². The van der Waals surface area contributed by atoms with Gasteiger partial charge in [-0.15, -0.1) is 0 Å². The third kappa shape index (κ3) is 6.22. The molecule has 0 saturated heterocycles. The molecule has 1 unspecified atom stereocenters. The number of halogens is 3. The topological polar surface area (TPSA) is 27.1 Å². The molecule has 0 radical (unpaired) electrons. The van der Waals surface area contributed by atoms with E-state index in [4.69, 9.17) is 27.9 Å². The molecule has 3 nitrogen and oxygen atoms in total. The maximum atomic E-state index is 15.0. The second-order valence-corrected chi connectivity index (χ2v) is 8.90. The van der Waals surface area contributed by atoms with E-state index in [2.05, 4.69) is 4.98 Å². The molecule has 1 aromatic heterocycles. The van der Waals surface area contributed by atoms with Gasteiger partial charge in [-0.2, -0.15) is 0 Å². The van der Waals surface area contributed by atoms with Crippen LogP contribution in [-0.2, 0) is 11.3 Å². The van der Waals surface area contributed by atoms with Crippen molar-refractivity contribution in [2.24, 2.45) is 0 Å². The number of hydrogen-bond donors (Lipinski definition) is 0. The summed E-state index contributed by atoms with van der Waals surface area (Å²) in [6, 6.07) is 15.2. The van der Waals surface area contributed by atoms with Crippen LogP contribution in [-0.4, -0.2) is 16.2 Å². The zero-order valence-electron chi connectivity index (χ0n) is 16.3. The number of nitrogens with zero attached hydrogens (tertiary/aromatic N) is 2. The number of imidazole rings is 1. The number of hydrogen-bond acceptors (Lipinski definition) is 3. The number of benzene rings is 2. The normalized spacial score (nSPS) is 12.5. The lowest BCUT2D eigenvalue weighted by molar-refractivity contribution is 0.0813. The van der Waals surface area contributed by atoms with Crippen LogP contribution in [0.1, 0.15) is 43.7 Å². The highest BCUT2D eigenvalue weighted by Crippen LogP contribution is 2.38. The maximum absolute atomic E-state index is 15.0. The van der Waals surface area contributed by atoms with Crippen molar-refractivity contribution in [1.82, 2.24) is 9.55 Å². The molecule has 0 saturated carbocycles. The van der Waals surface area contributed by atoms with Gasteiger partial charge in [0, 0.05) is 21.4 Å². The summed E-state index contributed by atoms with van der Waals surface area (Å²) in [5, 5.41) is 1.85. The minimum atomic E-state index is -1.23. The highest BCUT2D eigenvalue weighted by atomic mass is 35.5. The molecule has 0 aliphatic heterocycles. The van der Waals surface area contributed by atoms with Gasteiger partial charge in [-0.1, -0.05) is 79.1 Å². The molecule has 3 rings (SSSR count). The Balaban J connectivity index is 1.69. The highest BCUT2D eigenvalue weighted by molar-refractivity contribution is 7.99. The van der Waals surface area contributed by atoms with Crippen LogP contribution >= 0.6 is 35.0 Å². The van der Waals surface area contributed by atoms with Gasteiger partial charge in [0.2, 0.25) is 0 Å². The van der Waals surface area contributed by atoms with Gasteiger partial charge < -0.3 is 4.74 Å². The minimum Gasteiger partial charge on any atom is -0.377 e. The van der Waals surface area contributed by atoms with Gasteiger partial charge in [0.15, 0.2) is 6.30 Å². The van der Waals surface area contributed by atoms with E-state index in [0.717, 1.165) is 21.2 Å². The van der Waals surface area contributed by atoms with E-state index >= 15 is 4.39 Å². The summed E-state index contributed by atoms with van der Waals surface area (Å²) in [6.45, 7) is 4.87. The van der Waals surface area contributed by atoms with Crippen molar-refractivity contribution in [3.8, 4) is 0 Å². The lowest BCUT2D eigenvalue weighted by Crippen LogP contribution is -2.08. The third-order valence-corrected chi connectivity index (χ3v) is 5.81. The highest BCUT2D eigenvalue weighted by Gasteiger charge is 2.21. The summed E-state index contributed by atoms with van der Waals surface area (Å²) < 4.78 is 22.2. The van der Waals surface area contributed by atoms with Crippen LogP contribution in [0.3, 0.4) is 0 Å². The summed E-state index contributed by atoms with van der Waals surface area (Å²) in [7, 11) is 0. The first kappa shape index (κ1) is 22.2. The first-order valence-electron chi connectivity index (χ1n) is 9.40. The van der Waals surface area contributed by atoms with Gasteiger partial charge in [0.05, 0.1) is 25.2 Å². The molecule has 1 atom stereocenters. The largest absolute Gasteiger partial charge is 0.377 e. The molecule has 0 aliphatic rings. The van der Waals surface area contributed by atoms with Crippen molar-refractivity contribution in [3.05, 3.63) is 76.2 Å². The standard InChI is InChI=1S/C22H23Cl2FN2OS/c1-15(2)21-22(29-19-11-17(23)10-18(24)12-19)27(14-26-21)20(25)8-9-28-13-16-6-4-3-5-7-16/h3-7,10-12,14-15,20H,8-9,13H2,1-2H3. The van der Waals surface area contributed by atoms with Gasteiger partial charge in [-0.05, 0) is 29.7 Å².